The zero-order valence-corrected chi connectivity index (χ0v) is 19.5. The van der Waals surface area contributed by atoms with Gasteiger partial charge >= 0.3 is 5.97 Å². The van der Waals surface area contributed by atoms with Crippen molar-refractivity contribution >= 4 is 5.97 Å². The first-order chi connectivity index (χ1) is 16.3. The molecule has 7 heteroatoms. The number of hydrogen-bond acceptors (Lipinski definition) is 5. The lowest BCUT2D eigenvalue weighted by atomic mass is 9.92. The fraction of sp³-hybridized carbons (Fsp3) is 0.222. The SMILES string of the molecule is COc1cc(-c2ccc(F)cc2)c(OC)c(C(=O)O)c1-c1ccc(OCCC=C(C)C)c(O)c1. The molecular formula is C27H27FO6. The van der Waals surface area contributed by atoms with Crippen LogP contribution in [0.3, 0.4) is 0 Å². The number of methoxy groups -OCH3 is 2. The highest BCUT2D eigenvalue weighted by atomic mass is 19.1. The van der Waals surface area contributed by atoms with E-state index in [2.05, 4.69) is 0 Å². The van der Waals surface area contributed by atoms with E-state index >= 15 is 0 Å². The normalized spacial score (nSPS) is 10.5. The Kier molecular flexibility index (Phi) is 7.79. The Morgan fingerprint density at radius 1 is 0.971 bits per heavy atom. The van der Waals surface area contributed by atoms with Gasteiger partial charge in [0.05, 0.1) is 20.8 Å². The number of carboxylic acids is 1. The molecular weight excluding hydrogens is 439 g/mol. The summed E-state index contributed by atoms with van der Waals surface area (Å²) in [5.74, 6) is -1.14. The smallest absolute Gasteiger partial charge is 0.340 e. The first-order valence-corrected chi connectivity index (χ1v) is 10.6. The molecule has 2 N–H and O–H groups in total. The van der Waals surface area contributed by atoms with Crippen molar-refractivity contribution in [1.82, 2.24) is 0 Å². The van der Waals surface area contributed by atoms with Crippen LogP contribution in [0.25, 0.3) is 22.3 Å². The molecule has 3 rings (SSSR count). The van der Waals surface area contributed by atoms with Crippen molar-refractivity contribution in [3.05, 3.63) is 71.6 Å². The molecule has 34 heavy (non-hydrogen) atoms. The zero-order valence-electron chi connectivity index (χ0n) is 19.5. The predicted molar refractivity (Wildman–Crippen MR) is 129 cm³/mol. The topological polar surface area (TPSA) is 85.2 Å². The van der Waals surface area contributed by atoms with Gasteiger partial charge in [-0.25, -0.2) is 9.18 Å². The molecule has 178 valence electrons. The number of carbonyl (C=O) groups is 1. The number of phenols is 1. The lowest BCUT2D eigenvalue weighted by Gasteiger charge is -2.19. The molecule has 0 radical (unpaired) electrons. The van der Waals surface area contributed by atoms with E-state index in [0.717, 1.165) is 0 Å². The summed E-state index contributed by atoms with van der Waals surface area (Å²) in [5.41, 5.74) is 2.68. The van der Waals surface area contributed by atoms with E-state index in [4.69, 9.17) is 14.2 Å². The van der Waals surface area contributed by atoms with Crippen molar-refractivity contribution in [1.29, 1.82) is 0 Å². The van der Waals surface area contributed by atoms with Crippen LogP contribution in [0.15, 0.2) is 60.2 Å². The van der Waals surface area contributed by atoms with Crippen molar-refractivity contribution in [2.24, 2.45) is 0 Å². The summed E-state index contributed by atoms with van der Waals surface area (Å²) >= 11 is 0. The van der Waals surface area contributed by atoms with Gasteiger partial charge < -0.3 is 24.4 Å². The van der Waals surface area contributed by atoms with E-state index in [1.807, 2.05) is 19.9 Å². The van der Waals surface area contributed by atoms with Crippen molar-refractivity contribution in [2.45, 2.75) is 20.3 Å². The van der Waals surface area contributed by atoms with E-state index in [-0.39, 0.29) is 34.1 Å². The standard InChI is InChI=1S/C27H27FO6/c1-16(2)6-5-13-34-22-12-9-18(14-21(22)29)24-23(32-3)15-20(17-7-10-19(28)11-8-17)26(33-4)25(24)27(30)31/h6-12,14-15,29H,5,13H2,1-4H3,(H,30,31). The number of aromatic carboxylic acids is 1. The highest BCUT2D eigenvalue weighted by Gasteiger charge is 2.27. The molecule has 0 heterocycles. The Bertz CT molecular complexity index is 1210. The van der Waals surface area contributed by atoms with Crippen LogP contribution < -0.4 is 14.2 Å². The summed E-state index contributed by atoms with van der Waals surface area (Å²) in [6, 6.07) is 11.9. The highest BCUT2D eigenvalue weighted by molar-refractivity contribution is 6.04. The number of hydrogen-bond donors (Lipinski definition) is 2. The second-order valence-electron chi connectivity index (χ2n) is 7.82. The summed E-state index contributed by atoms with van der Waals surface area (Å²) in [7, 11) is 2.79. The largest absolute Gasteiger partial charge is 0.504 e. The zero-order chi connectivity index (χ0) is 24.8. The number of phenolic OH excluding ortho intramolecular Hbond substituents is 1. The summed E-state index contributed by atoms with van der Waals surface area (Å²) < 4.78 is 30.1. The second-order valence-corrected chi connectivity index (χ2v) is 7.82. The van der Waals surface area contributed by atoms with Gasteiger partial charge in [0.1, 0.15) is 22.9 Å². The number of benzene rings is 3. The monoisotopic (exact) mass is 466 g/mol. The van der Waals surface area contributed by atoms with E-state index in [1.54, 1.807) is 18.2 Å². The number of rotatable bonds is 9. The van der Waals surface area contributed by atoms with Crippen LogP contribution in [0.4, 0.5) is 4.39 Å². The first kappa shape index (κ1) is 24.6. The molecule has 0 aliphatic carbocycles. The average Bonchev–Trinajstić information content (AvgIpc) is 2.81. The molecule has 0 bridgehead atoms. The van der Waals surface area contributed by atoms with Crippen molar-refractivity contribution in [3.63, 3.8) is 0 Å². The van der Waals surface area contributed by atoms with E-state index in [1.165, 1.54) is 50.1 Å². The van der Waals surface area contributed by atoms with Gasteiger partial charge in [0.15, 0.2) is 11.5 Å². The Labute approximate surface area is 197 Å². The molecule has 0 aliphatic rings. The van der Waals surface area contributed by atoms with E-state index < -0.39 is 11.8 Å². The van der Waals surface area contributed by atoms with Crippen LogP contribution in [0.5, 0.6) is 23.0 Å². The number of halogens is 1. The number of ether oxygens (including phenoxy) is 3. The third-order valence-corrected chi connectivity index (χ3v) is 5.21. The summed E-state index contributed by atoms with van der Waals surface area (Å²) in [4.78, 5) is 12.4. The van der Waals surface area contributed by atoms with Crippen LogP contribution in [-0.2, 0) is 0 Å². The molecule has 0 fully saturated rings. The first-order valence-electron chi connectivity index (χ1n) is 10.6. The van der Waals surface area contributed by atoms with Crippen LogP contribution in [0.2, 0.25) is 0 Å². The Morgan fingerprint density at radius 2 is 1.65 bits per heavy atom. The number of carboxylic acid groups (broad SMARTS) is 1. The number of aromatic hydroxyl groups is 1. The van der Waals surface area contributed by atoms with E-state index in [9.17, 15) is 19.4 Å². The highest BCUT2D eigenvalue weighted by Crippen LogP contribution is 2.46. The fourth-order valence-electron chi connectivity index (χ4n) is 3.66. The van der Waals surface area contributed by atoms with E-state index in [0.29, 0.717) is 29.7 Å². The average molecular weight is 467 g/mol. The van der Waals surface area contributed by atoms with Gasteiger partial charge in [-0.1, -0.05) is 29.8 Å². The molecule has 0 saturated carbocycles. The fourth-order valence-corrected chi connectivity index (χ4v) is 3.66. The van der Waals surface area contributed by atoms with Crippen LogP contribution in [0.1, 0.15) is 30.6 Å². The van der Waals surface area contributed by atoms with Crippen LogP contribution in [0, 0.1) is 5.82 Å². The molecule has 3 aromatic rings. The Hall–Kier alpha value is -4.00. The van der Waals surface area contributed by atoms with Crippen LogP contribution >= 0.6 is 0 Å². The molecule has 0 spiro atoms. The van der Waals surface area contributed by atoms with Gasteiger partial charge in [0.25, 0.3) is 0 Å². The summed E-state index contributed by atoms with van der Waals surface area (Å²) in [6.07, 6.45) is 2.73. The predicted octanol–water partition coefficient (Wildman–Crippen LogP) is 6.32. The van der Waals surface area contributed by atoms with Gasteiger partial charge in [-0.2, -0.15) is 0 Å². The number of allylic oxidation sites excluding steroid dienone is 1. The molecule has 3 aromatic carbocycles. The lowest BCUT2D eigenvalue weighted by molar-refractivity contribution is 0.0694. The maximum absolute atomic E-state index is 13.4. The molecule has 0 aromatic heterocycles. The van der Waals surface area contributed by atoms with Crippen molar-refractivity contribution in [3.8, 4) is 45.3 Å². The minimum absolute atomic E-state index is 0.0939. The van der Waals surface area contributed by atoms with Gasteiger partial charge in [0, 0.05) is 11.1 Å². The minimum atomic E-state index is -1.24. The summed E-state index contributed by atoms with van der Waals surface area (Å²) in [5, 5.41) is 20.6. The molecule has 6 nitrogen and oxygen atoms in total. The summed E-state index contributed by atoms with van der Waals surface area (Å²) in [6.45, 7) is 4.38. The van der Waals surface area contributed by atoms with Crippen molar-refractivity contribution in [2.75, 3.05) is 20.8 Å². The maximum Gasteiger partial charge on any atom is 0.340 e. The lowest BCUT2D eigenvalue weighted by Crippen LogP contribution is -2.07. The molecule has 0 atom stereocenters. The molecule has 0 amide bonds. The quantitative estimate of drug-likeness (QED) is 0.284. The minimum Gasteiger partial charge on any atom is -0.504 e. The molecule has 0 unspecified atom stereocenters. The van der Waals surface area contributed by atoms with Gasteiger partial charge in [-0.15, -0.1) is 0 Å². The van der Waals surface area contributed by atoms with Gasteiger partial charge in [-0.05, 0) is 61.7 Å². The van der Waals surface area contributed by atoms with Gasteiger partial charge in [0.2, 0.25) is 0 Å². The second kappa shape index (κ2) is 10.7. The van der Waals surface area contributed by atoms with Gasteiger partial charge in [-0.3, -0.25) is 0 Å². The van der Waals surface area contributed by atoms with Crippen molar-refractivity contribution < 1.29 is 33.6 Å². The maximum atomic E-state index is 13.4. The third kappa shape index (κ3) is 5.31. The van der Waals surface area contributed by atoms with Crippen LogP contribution in [-0.4, -0.2) is 37.0 Å². The molecule has 0 saturated heterocycles. The Balaban J connectivity index is 2.12. The molecule has 0 aliphatic heterocycles. The third-order valence-electron chi connectivity index (χ3n) is 5.21. The Morgan fingerprint density at radius 3 is 2.21 bits per heavy atom.